The second kappa shape index (κ2) is 6.11. The van der Waals surface area contributed by atoms with Gasteiger partial charge in [-0.1, -0.05) is 23.2 Å². The summed E-state index contributed by atoms with van der Waals surface area (Å²) in [4.78, 5) is 26.3. The van der Waals surface area contributed by atoms with E-state index in [1.807, 2.05) is 0 Å². The number of imide groups is 1. The minimum atomic E-state index is -3.78. The largest absolute Gasteiger partial charge is 0.325 e. The molecule has 0 spiro atoms. The third kappa shape index (κ3) is 2.90. The van der Waals surface area contributed by atoms with Crippen LogP contribution in [-0.2, 0) is 14.6 Å². The van der Waals surface area contributed by atoms with Crippen LogP contribution in [0.25, 0.3) is 0 Å². The number of amides is 3. The van der Waals surface area contributed by atoms with Gasteiger partial charge in [-0.3, -0.25) is 9.69 Å². The molecule has 1 saturated heterocycles. The molecule has 3 aliphatic rings. The topological polar surface area (TPSA) is 83.6 Å². The van der Waals surface area contributed by atoms with Gasteiger partial charge < -0.3 is 5.32 Å². The van der Waals surface area contributed by atoms with Crippen LogP contribution >= 0.6 is 23.2 Å². The molecule has 2 aliphatic carbocycles. The highest BCUT2D eigenvalue weighted by atomic mass is 35.5. The van der Waals surface area contributed by atoms with E-state index in [0.717, 1.165) is 30.6 Å². The van der Waals surface area contributed by atoms with Crippen LogP contribution in [0.2, 0.25) is 10.0 Å². The Hall–Kier alpha value is -1.31. The van der Waals surface area contributed by atoms with Crippen LogP contribution < -0.4 is 5.32 Å². The quantitative estimate of drug-likeness (QED) is 0.722. The lowest BCUT2D eigenvalue weighted by Gasteiger charge is -2.26. The number of benzene rings is 1. The molecule has 3 fully saturated rings. The lowest BCUT2D eigenvalue weighted by atomic mass is 9.87. The van der Waals surface area contributed by atoms with E-state index in [4.69, 9.17) is 23.2 Å². The summed E-state index contributed by atoms with van der Waals surface area (Å²) >= 11 is 11.8. The highest BCUT2D eigenvalue weighted by molar-refractivity contribution is 7.91. The molecule has 1 heterocycles. The zero-order chi connectivity index (χ0) is 18.7. The van der Waals surface area contributed by atoms with Crippen molar-refractivity contribution in [1.82, 2.24) is 10.2 Å². The average molecular weight is 417 g/mol. The van der Waals surface area contributed by atoms with Crippen LogP contribution in [0.5, 0.6) is 0 Å². The van der Waals surface area contributed by atoms with E-state index in [1.54, 1.807) is 0 Å². The molecule has 1 aliphatic heterocycles. The van der Waals surface area contributed by atoms with E-state index in [2.05, 4.69) is 5.32 Å². The summed E-state index contributed by atoms with van der Waals surface area (Å²) in [6.07, 6.45) is 3.69. The molecular weight excluding hydrogens is 399 g/mol. The lowest BCUT2D eigenvalue weighted by Crippen LogP contribution is -2.51. The zero-order valence-corrected chi connectivity index (χ0v) is 16.2. The molecule has 0 aromatic heterocycles. The normalized spacial score (nSPS) is 22.6. The molecule has 3 amide bonds. The van der Waals surface area contributed by atoms with Gasteiger partial charge in [-0.2, -0.15) is 0 Å². The van der Waals surface area contributed by atoms with Gasteiger partial charge in [-0.25, -0.2) is 13.2 Å². The number of carbonyl (C=O) groups excluding carboxylic acids is 2. The fourth-order valence-corrected chi connectivity index (χ4v) is 5.84. The Morgan fingerprint density at radius 1 is 1.12 bits per heavy atom. The maximum absolute atomic E-state index is 13.0. The molecule has 1 N–H and O–H groups in total. The van der Waals surface area contributed by atoms with Crippen molar-refractivity contribution in [3.8, 4) is 0 Å². The minimum Gasteiger partial charge on any atom is -0.323 e. The summed E-state index contributed by atoms with van der Waals surface area (Å²) in [6.45, 7) is -0.197. The highest BCUT2D eigenvalue weighted by Crippen LogP contribution is 2.54. The first kappa shape index (κ1) is 18.1. The van der Waals surface area contributed by atoms with Crippen molar-refractivity contribution in [2.45, 2.75) is 36.1 Å². The molecule has 6 nitrogen and oxygen atoms in total. The lowest BCUT2D eigenvalue weighted by molar-refractivity contribution is -0.132. The van der Waals surface area contributed by atoms with Gasteiger partial charge in [0.2, 0.25) is 0 Å². The summed E-state index contributed by atoms with van der Waals surface area (Å²) in [5.74, 6) is -0.316. The van der Waals surface area contributed by atoms with Crippen LogP contribution in [0.1, 0.15) is 25.7 Å². The number of hydrogen-bond donors (Lipinski definition) is 1. The maximum atomic E-state index is 13.0. The van der Waals surface area contributed by atoms with Crippen LogP contribution in [0.4, 0.5) is 4.79 Å². The number of urea groups is 1. The third-order valence-electron chi connectivity index (χ3n) is 5.41. The number of carbonyl (C=O) groups is 2. The number of nitrogens with zero attached hydrogens (tertiary/aromatic N) is 1. The first-order valence-corrected chi connectivity index (χ1v) is 11.0. The number of halogens is 2. The van der Waals surface area contributed by atoms with Crippen LogP contribution in [0.3, 0.4) is 0 Å². The Morgan fingerprint density at radius 3 is 2.31 bits per heavy atom. The summed E-state index contributed by atoms with van der Waals surface area (Å²) in [7, 11) is -3.78. The first-order chi connectivity index (χ1) is 12.3. The third-order valence-corrected chi connectivity index (χ3v) is 7.82. The van der Waals surface area contributed by atoms with E-state index in [0.29, 0.717) is 0 Å². The first-order valence-electron chi connectivity index (χ1n) is 8.57. The van der Waals surface area contributed by atoms with Gasteiger partial charge in [0, 0.05) is 11.6 Å². The van der Waals surface area contributed by atoms with Crippen LogP contribution in [0, 0.1) is 11.8 Å². The van der Waals surface area contributed by atoms with Gasteiger partial charge >= 0.3 is 6.03 Å². The smallest absolute Gasteiger partial charge is 0.323 e. The monoisotopic (exact) mass is 416 g/mol. The highest BCUT2D eigenvalue weighted by Gasteiger charge is 2.65. The van der Waals surface area contributed by atoms with Crippen molar-refractivity contribution < 1.29 is 18.0 Å². The standard InChI is InChI=1S/C17H18Cl2N2O4S/c18-12-5-6-13(19)14(9-12)26(24,25)8-7-21-15(22)17(10-1-2-10,11-3-4-11)20-16(21)23/h5-6,9-11H,1-4,7-8H2,(H,20,23). The average Bonchev–Trinajstić information content (AvgIpc) is 3.46. The number of hydrogen-bond acceptors (Lipinski definition) is 4. The summed E-state index contributed by atoms with van der Waals surface area (Å²) in [5.41, 5.74) is -0.811. The number of sulfone groups is 1. The Morgan fingerprint density at radius 2 is 1.73 bits per heavy atom. The van der Waals surface area contributed by atoms with E-state index >= 15 is 0 Å². The zero-order valence-electron chi connectivity index (χ0n) is 13.9. The SMILES string of the molecule is O=C1NC(C2CC2)(C2CC2)C(=O)N1CCS(=O)(=O)c1cc(Cl)ccc1Cl. The Labute approximate surface area is 161 Å². The van der Waals surface area contributed by atoms with E-state index in [9.17, 15) is 18.0 Å². The van der Waals surface area contributed by atoms with Crippen molar-refractivity contribution in [3.05, 3.63) is 28.2 Å². The molecule has 2 saturated carbocycles. The van der Waals surface area contributed by atoms with Gasteiger partial charge in [0.15, 0.2) is 9.84 Å². The van der Waals surface area contributed by atoms with Crippen molar-refractivity contribution in [1.29, 1.82) is 0 Å². The van der Waals surface area contributed by atoms with Gasteiger partial charge in [0.1, 0.15) is 5.54 Å². The predicted molar refractivity (Wildman–Crippen MR) is 96.9 cm³/mol. The molecule has 26 heavy (non-hydrogen) atoms. The van der Waals surface area contributed by atoms with Crippen LogP contribution in [0.15, 0.2) is 23.1 Å². The van der Waals surface area contributed by atoms with Crippen LogP contribution in [-0.4, -0.2) is 43.1 Å². The Bertz CT molecular complexity index is 882. The summed E-state index contributed by atoms with van der Waals surface area (Å²) in [5, 5.41) is 3.20. The van der Waals surface area contributed by atoms with E-state index in [-0.39, 0.29) is 39.2 Å². The van der Waals surface area contributed by atoms with Gasteiger partial charge in [-0.15, -0.1) is 0 Å². The number of nitrogens with one attached hydrogen (secondary N) is 1. The summed E-state index contributed by atoms with van der Waals surface area (Å²) < 4.78 is 25.2. The molecule has 0 unspecified atom stereocenters. The molecular formula is C17H18Cl2N2O4S. The predicted octanol–water partition coefficient (Wildman–Crippen LogP) is 2.88. The molecule has 4 rings (SSSR count). The van der Waals surface area contributed by atoms with Crippen molar-refractivity contribution in [2.75, 3.05) is 12.3 Å². The Kier molecular flexibility index (Phi) is 4.24. The maximum Gasteiger partial charge on any atom is 0.325 e. The van der Waals surface area contributed by atoms with Crippen molar-refractivity contribution >= 4 is 45.0 Å². The van der Waals surface area contributed by atoms with Crippen molar-refractivity contribution in [3.63, 3.8) is 0 Å². The second-order valence-corrected chi connectivity index (χ2v) is 10.1. The van der Waals surface area contributed by atoms with E-state index < -0.39 is 27.2 Å². The second-order valence-electron chi connectivity index (χ2n) is 7.20. The molecule has 1 aromatic carbocycles. The number of rotatable bonds is 6. The molecule has 1 aromatic rings. The fraction of sp³-hybridized carbons (Fsp3) is 0.529. The molecule has 140 valence electrons. The Balaban J connectivity index is 1.53. The molecule has 0 radical (unpaired) electrons. The fourth-order valence-electron chi connectivity index (χ4n) is 3.82. The van der Waals surface area contributed by atoms with Gasteiger partial charge in [0.25, 0.3) is 5.91 Å². The molecule has 0 bridgehead atoms. The minimum absolute atomic E-state index is 0.0666. The van der Waals surface area contributed by atoms with Gasteiger partial charge in [-0.05, 0) is 55.7 Å². The van der Waals surface area contributed by atoms with E-state index in [1.165, 1.54) is 18.2 Å². The van der Waals surface area contributed by atoms with Crippen molar-refractivity contribution in [2.24, 2.45) is 11.8 Å². The summed E-state index contributed by atoms with van der Waals surface area (Å²) in [6, 6.07) is 3.70. The molecule has 0 atom stereocenters. The molecule has 9 heteroatoms. The van der Waals surface area contributed by atoms with Gasteiger partial charge in [0.05, 0.1) is 15.7 Å².